The lowest BCUT2D eigenvalue weighted by Crippen LogP contribution is -2.29. The Labute approximate surface area is 123 Å². The summed E-state index contributed by atoms with van der Waals surface area (Å²) in [6.07, 6.45) is 7.81. The van der Waals surface area contributed by atoms with Crippen molar-refractivity contribution in [2.24, 2.45) is 5.41 Å². The van der Waals surface area contributed by atoms with Crippen molar-refractivity contribution < 1.29 is 4.74 Å². The monoisotopic (exact) mass is 321 g/mol. The Balaban J connectivity index is 1.96. The zero-order valence-corrected chi connectivity index (χ0v) is 12.8. The predicted molar refractivity (Wildman–Crippen MR) is 80.6 cm³/mol. The van der Waals surface area contributed by atoms with Crippen LogP contribution in [0.4, 0.5) is 0 Å². The molecule has 0 aliphatic heterocycles. The average Bonchev–Trinajstić information content (AvgIpc) is 2.72. The highest BCUT2D eigenvalue weighted by Gasteiger charge is 2.30. The molecule has 0 radical (unpaired) electrons. The third-order valence-electron chi connectivity index (χ3n) is 3.98. The van der Waals surface area contributed by atoms with Crippen LogP contribution >= 0.6 is 15.9 Å². The Morgan fingerprint density at radius 1 is 1.11 bits per heavy atom. The third kappa shape index (κ3) is 3.98. The van der Waals surface area contributed by atoms with Gasteiger partial charge in [-0.3, -0.25) is 0 Å². The SMILES string of the molecule is N#Cc1ccc(OCC2(CBr)CCCCCC2)cc1. The molecule has 1 aromatic carbocycles. The van der Waals surface area contributed by atoms with E-state index in [1.54, 1.807) is 0 Å². The van der Waals surface area contributed by atoms with Gasteiger partial charge in [0.05, 0.1) is 18.2 Å². The smallest absolute Gasteiger partial charge is 0.119 e. The van der Waals surface area contributed by atoms with Gasteiger partial charge < -0.3 is 4.74 Å². The standard InChI is InChI=1S/C16H20BrNO/c17-12-16(9-3-1-2-4-10-16)13-19-15-7-5-14(11-18)6-8-15/h5-8H,1-4,9-10,12-13H2. The molecule has 0 bridgehead atoms. The van der Waals surface area contributed by atoms with E-state index in [1.807, 2.05) is 24.3 Å². The van der Waals surface area contributed by atoms with Crippen LogP contribution in [0.15, 0.2) is 24.3 Å². The fourth-order valence-corrected chi connectivity index (χ4v) is 3.38. The molecule has 0 unspecified atom stereocenters. The topological polar surface area (TPSA) is 33.0 Å². The molecular formula is C16H20BrNO. The number of hydrogen-bond acceptors (Lipinski definition) is 2. The second-order valence-corrected chi connectivity index (χ2v) is 6.03. The highest BCUT2D eigenvalue weighted by molar-refractivity contribution is 9.09. The van der Waals surface area contributed by atoms with Gasteiger partial charge in [-0.25, -0.2) is 0 Å². The summed E-state index contributed by atoms with van der Waals surface area (Å²) in [7, 11) is 0. The molecule has 1 aliphatic rings. The number of benzene rings is 1. The first-order chi connectivity index (χ1) is 9.28. The van der Waals surface area contributed by atoms with Crippen molar-refractivity contribution in [2.45, 2.75) is 38.5 Å². The highest BCUT2D eigenvalue weighted by Crippen LogP contribution is 2.37. The molecule has 0 N–H and O–H groups in total. The van der Waals surface area contributed by atoms with Gasteiger partial charge in [0.1, 0.15) is 5.75 Å². The van der Waals surface area contributed by atoms with Crippen molar-refractivity contribution >= 4 is 15.9 Å². The summed E-state index contributed by atoms with van der Waals surface area (Å²) in [5.41, 5.74) is 0.960. The number of rotatable bonds is 4. The maximum absolute atomic E-state index is 8.78. The van der Waals surface area contributed by atoms with Crippen molar-refractivity contribution in [1.82, 2.24) is 0 Å². The Kier molecular flexibility index (Phi) is 5.27. The van der Waals surface area contributed by atoms with E-state index in [-0.39, 0.29) is 5.41 Å². The average molecular weight is 322 g/mol. The molecule has 0 saturated heterocycles. The summed E-state index contributed by atoms with van der Waals surface area (Å²) in [5.74, 6) is 0.864. The third-order valence-corrected chi connectivity index (χ3v) is 5.17. The predicted octanol–water partition coefficient (Wildman–Crippen LogP) is 4.67. The zero-order chi connectivity index (χ0) is 13.6. The lowest BCUT2D eigenvalue weighted by atomic mass is 9.83. The number of alkyl halides is 1. The Bertz CT molecular complexity index is 427. The summed E-state index contributed by atoms with van der Waals surface area (Å²) in [6, 6.07) is 9.51. The molecule has 3 heteroatoms. The van der Waals surface area contributed by atoms with Gasteiger partial charge in [0.2, 0.25) is 0 Å². The Morgan fingerprint density at radius 2 is 1.74 bits per heavy atom. The second kappa shape index (κ2) is 6.96. The first kappa shape index (κ1) is 14.4. The lowest BCUT2D eigenvalue weighted by molar-refractivity contribution is 0.149. The first-order valence-corrected chi connectivity index (χ1v) is 8.09. The van der Waals surface area contributed by atoms with E-state index in [0.29, 0.717) is 5.56 Å². The number of hydrogen-bond donors (Lipinski definition) is 0. The van der Waals surface area contributed by atoms with Crippen LogP contribution in [0.1, 0.15) is 44.1 Å². The van der Waals surface area contributed by atoms with Gasteiger partial charge in [0, 0.05) is 10.7 Å². The minimum absolute atomic E-state index is 0.282. The van der Waals surface area contributed by atoms with Crippen molar-refractivity contribution in [2.75, 3.05) is 11.9 Å². The molecule has 0 atom stereocenters. The van der Waals surface area contributed by atoms with Crippen molar-refractivity contribution in [1.29, 1.82) is 5.26 Å². The van der Waals surface area contributed by atoms with Crippen LogP contribution in [0.5, 0.6) is 5.75 Å². The molecule has 1 aliphatic carbocycles. The molecule has 2 rings (SSSR count). The Morgan fingerprint density at radius 3 is 2.26 bits per heavy atom. The van der Waals surface area contributed by atoms with Gasteiger partial charge >= 0.3 is 0 Å². The molecular weight excluding hydrogens is 302 g/mol. The van der Waals surface area contributed by atoms with Crippen LogP contribution in [-0.4, -0.2) is 11.9 Å². The van der Waals surface area contributed by atoms with Crippen LogP contribution in [0.3, 0.4) is 0 Å². The summed E-state index contributed by atoms with van der Waals surface area (Å²) in [4.78, 5) is 0. The van der Waals surface area contributed by atoms with E-state index in [2.05, 4.69) is 22.0 Å². The molecule has 102 valence electrons. The molecule has 2 nitrogen and oxygen atoms in total. The van der Waals surface area contributed by atoms with Gasteiger partial charge in [0.25, 0.3) is 0 Å². The molecule has 19 heavy (non-hydrogen) atoms. The van der Waals surface area contributed by atoms with Crippen molar-refractivity contribution in [3.05, 3.63) is 29.8 Å². The summed E-state index contributed by atoms with van der Waals surface area (Å²) >= 11 is 3.68. The van der Waals surface area contributed by atoms with Gasteiger partial charge in [0.15, 0.2) is 0 Å². The van der Waals surface area contributed by atoms with Gasteiger partial charge in [-0.05, 0) is 37.1 Å². The molecule has 0 amide bonds. The molecule has 0 heterocycles. The van der Waals surface area contributed by atoms with Crippen LogP contribution in [0.25, 0.3) is 0 Å². The number of nitrogens with zero attached hydrogens (tertiary/aromatic N) is 1. The van der Waals surface area contributed by atoms with E-state index >= 15 is 0 Å². The number of halogens is 1. The minimum atomic E-state index is 0.282. The second-order valence-electron chi connectivity index (χ2n) is 5.47. The zero-order valence-electron chi connectivity index (χ0n) is 11.2. The Hall–Kier alpha value is -1.01. The van der Waals surface area contributed by atoms with E-state index < -0.39 is 0 Å². The maximum Gasteiger partial charge on any atom is 0.119 e. The molecule has 0 aromatic heterocycles. The van der Waals surface area contributed by atoms with Crippen LogP contribution in [-0.2, 0) is 0 Å². The molecule has 1 fully saturated rings. The van der Waals surface area contributed by atoms with Gasteiger partial charge in [-0.2, -0.15) is 5.26 Å². The van der Waals surface area contributed by atoms with E-state index in [1.165, 1.54) is 38.5 Å². The minimum Gasteiger partial charge on any atom is -0.493 e. The summed E-state index contributed by atoms with van der Waals surface area (Å²) in [5, 5.41) is 9.79. The lowest BCUT2D eigenvalue weighted by Gasteiger charge is -2.30. The van der Waals surface area contributed by atoms with Crippen molar-refractivity contribution in [3.63, 3.8) is 0 Å². The van der Waals surface area contributed by atoms with E-state index in [4.69, 9.17) is 10.00 Å². The molecule has 1 aromatic rings. The van der Waals surface area contributed by atoms with E-state index in [9.17, 15) is 0 Å². The van der Waals surface area contributed by atoms with Gasteiger partial charge in [-0.15, -0.1) is 0 Å². The molecule has 0 spiro atoms. The van der Waals surface area contributed by atoms with Crippen LogP contribution in [0.2, 0.25) is 0 Å². The van der Waals surface area contributed by atoms with Gasteiger partial charge in [-0.1, -0.05) is 41.6 Å². The summed E-state index contributed by atoms with van der Waals surface area (Å²) < 4.78 is 5.96. The van der Waals surface area contributed by atoms with Crippen molar-refractivity contribution in [3.8, 4) is 11.8 Å². The van der Waals surface area contributed by atoms with Crippen LogP contribution < -0.4 is 4.74 Å². The van der Waals surface area contributed by atoms with E-state index in [0.717, 1.165) is 17.7 Å². The molecule has 1 saturated carbocycles. The first-order valence-electron chi connectivity index (χ1n) is 6.97. The normalized spacial score (nSPS) is 18.3. The number of nitriles is 1. The fourth-order valence-electron chi connectivity index (χ4n) is 2.66. The maximum atomic E-state index is 8.78. The van der Waals surface area contributed by atoms with Crippen LogP contribution in [0, 0.1) is 16.7 Å². The largest absolute Gasteiger partial charge is 0.493 e. The number of ether oxygens (including phenoxy) is 1. The quantitative estimate of drug-likeness (QED) is 0.596. The highest BCUT2D eigenvalue weighted by atomic mass is 79.9. The fraction of sp³-hybridized carbons (Fsp3) is 0.562. The summed E-state index contributed by atoms with van der Waals surface area (Å²) in [6.45, 7) is 0.768.